The van der Waals surface area contributed by atoms with Gasteiger partial charge in [-0.1, -0.05) is 47.6 Å². The average molecular weight is 391 g/mol. The van der Waals surface area contributed by atoms with Crippen LogP contribution in [0.2, 0.25) is 0 Å². The van der Waals surface area contributed by atoms with E-state index in [-0.39, 0.29) is 6.42 Å². The molecule has 1 aliphatic heterocycles. The number of nitrogens with zero attached hydrogens (tertiary/aromatic N) is 2. The third-order valence-corrected chi connectivity index (χ3v) is 4.89. The van der Waals surface area contributed by atoms with Gasteiger partial charge in [0.2, 0.25) is 0 Å². The number of pyridine rings is 1. The Balaban J connectivity index is 1.41. The third kappa shape index (κ3) is 4.50. The normalized spacial score (nSPS) is 18.3. The van der Waals surface area contributed by atoms with Crippen molar-refractivity contribution in [2.45, 2.75) is 25.3 Å². The molecule has 0 amide bonds. The molecule has 1 aliphatic rings. The van der Waals surface area contributed by atoms with Crippen molar-refractivity contribution in [1.82, 2.24) is 10.3 Å². The SMILES string of the molecule is OC1(CF)CC(c2cccc(CNCc3ccccc3-c3ccncc3)c2)=NO1. The van der Waals surface area contributed by atoms with Crippen LogP contribution in [-0.4, -0.2) is 28.3 Å². The van der Waals surface area contributed by atoms with E-state index >= 15 is 0 Å². The summed E-state index contributed by atoms with van der Waals surface area (Å²) in [6, 6.07) is 20.1. The Bertz CT molecular complexity index is 1010. The Morgan fingerprint density at radius 1 is 1.00 bits per heavy atom. The van der Waals surface area contributed by atoms with Crippen molar-refractivity contribution >= 4 is 5.71 Å². The topological polar surface area (TPSA) is 66.7 Å². The molecule has 3 aromatic rings. The molecule has 0 fully saturated rings. The first-order chi connectivity index (χ1) is 14.2. The fourth-order valence-electron chi connectivity index (χ4n) is 3.38. The highest BCUT2D eigenvalue weighted by Gasteiger charge is 2.37. The number of halogens is 1. The molecular weight excluding hydrogens is 369 g/mol. The summed E-state index contributed by atoms with van der Waals surface area (Å²) in [5.74, 6) is -1.83. The Morgan fingerprint density at radius 3 is 2.62 bits per heavy atom. The van der Waals surface area contributed by atoms with E-state index in [0.29, 0.717) is 18.8 Å². The van der Waals surface area contributed by atoms with Crippen molar-refractivity contribution in [2.75, 3.05) is 6.67 Å². The van der Waals surface area contributed by atoms with Crippen molar-refractivity contribution in [3.05, 3.63) is 89.7 Å². The zero-order chi connectivity index (χ0) is 20.1. The van der Waals surface area contributed by atoms with Crippen LogP contribution in [0.25, 0.3) is 11.1 Å². The molecule has 0 saturated heterocycles. The van der Waals surface area contributed by atoms with Gasteiger partial charge in [0.15, 0.2) is 6.67 Å². The molecule has 0 aliphatic carbocycles. The fourth-order valence-corrected chi connectivity index (χ4v) is 3.38. The molecule has 2 aromatic carbocycles. The summed E-state index contributed by atoms with van der Waals surface area (Å²) >= 11 is 0. The van der Waals surface area contributed by atoms with Crippen molar-refractivity contribution in [1.29, 1.82) is 0 Å². The fraction of sp³-hybridized carbons (Fsp3) is 0.217. The van der Waals surface area contributed by atoms with E-state index in [1.807, 2.05) is 48.5 Å². The van der Waals surface area contributed by atoms with E-state index in [4.69, 9.17) is 4.84 Å². The number of oxime groups is 1. The molecule has 2 heterocycles. The molecule has 6 heteroatoms. The van der Waals surface area contributed by atoms with Gasteiger partial charge in [0.25, 0.3) is 5.79 Å². The molecule has 29 heavy (non-hydrogen) atoms. The zero-order valence-electron chi connectivity index (χ0n) is 15.9. The highest BCUT2D eigenvalue weighted by Crippen LogP contribution is 2.25. The summed E-state index contributed by atoms with van der Waals surface area (Å²) in [4.78, 5) is 8.93. The van der Waals surface area contributed by atoms with Gasteiger partial charge in [-0.25, -0.2) is 4.39 Å². The molecule has 0 bridgehead atoms. The molecule has 1 aromatic heterocycles. The molecule has 148 valence electrons. The van der Waals surface area contributed by atoms with Crippen LogP contribution in [0.5, 0.6) is 0 Å². The van der Waals surface area contributed by atoms with E-state index < -0.39 is 12.5 Å². The summed E-state index contributed by atoms with van der Waals surface area (Å²) < 4.78 is 12.9. The van der Waals surface area contributed by atoms with Crippen molar-refractivity contribution in [2.24, 2.45) is 5.16 Å². The van der Waals surface area contributed by atoms with E-state index in [1.54, 1.807) is 12.4 Å². The van der Waals surface area contributed by atoms with E-state index in [9.17, 15) is 9.50 Å². The molecule has 0 radical (unpaired) electrons. The molecule has 0 saturated carbocycles. The number of hydrogen-bond donors (Lipinski definition) is 2. The van der Waals surface area contributed by atoms with Gasteiger partial charge >= 0.3 is 0 Å². The summed E-state index contributed by atoms with van der Waals surface area (Å²) in [7, 11) is 0. The molecule has 1 atom stereocenters. The number of alkyl halides is 1. The van der Waals surface area contributed by atoms with E-state index in [1.165, 1.54) is 11.1 Å². The maximum Gasteiger partial charge on any atom is 0.268 e. The molecule has 4 rings (SSSR count). The molecule has 0 spiro atoms. The van der Waals surface area contributed by atoms with Gasteiger partial charge in [0, 0.05) is 25.5 Å². The monoisotopic (exact) mass is 391 g/mol. The van der Waals surface area contributed by atoms with Gasteiger partial charge in [-0.05, 0) is 46.0 Å². The molecular formula is C23H22FN3O2. The number of aliphatic hydroxyl groups is 1. The quantitative estimate of drug-likeness (QED) is 0.643. The van der Waals surface area contributed by atoms with Crippen molar-refractivity contribution in [3.8, 4) is 11.1 Å². The maximum absolute atomic E-state index is 12.9. The first-order valence-electron chi connectivity index (χ1n) is 9.49. The maximum atomic E-state index is 12.9. The Labute approximate surface area is 168 Å². The minimum Gasteiger partial charge on any atom is -0.357 e. The van der Waals surface area contributed by atoms with Gasteiger partial charge in [0.05, 0.1) is 12.1 Å². The lowest BCUT2D eigenvalue weighted by Gasteiger charge is -2.14. The average Bonchev–Trinajstić information content (AvgIpc) is 3.18. The third-order valence-electron chi connectivity index (χ3n) is 4.89. The molecule has 5 nitrogen and oxygen atoms in total. The van der Waals surface area contributed by atoms with Crippen molar-refractivity contribution in [3.63, 3.8) is 0 Å². The Morgan fingerprint density at radius 2 is 1.83 bits per heavy atom. The van der Waals surface area contributed by atoms with E-state index in [0.717, 1.165) is 16.7 Å². The Hall–Kier alpha value is -3.09. The summed E-state index contributed by atoms with van der Waals surface area (Å²) in [5.41, 5.74) is 5.97. The van der Waals surface area contributed by atoms with Gasteiger partial charge in [-0.3, -0.25) is 4.98 Å². The predicted octanol–water partition coefficient (Wildman–Crippen LogP) is 3.82. The van der Waals surface area contributed by atoms with Crippen LogP contribution in [0, 0.1) is 0 Å². The number of hydrogen-bond acceptors (Lipinski definition) is 5. The second-order valence-electron chi connectivity index (χ2n) is 7.08. The van der Waals surface area contributed by atoms with Crippen LogP contribution < -0.4 is 5.32 Å². The molecule has 2 N–H and O–H groups in total. The standard InChI is InChI=1S/C23H22FN3O2/c24-16-23(28)13-22(27-29-23)19-6-3-4-17(12-19)14-26-15-20-5-1-2-7-21(20)18-8-10-25-11-9-18/h1-12,26,28H,13-16H2. The van der Waals surface area contributed by atoms with E-state index in [2.05, 4.69) is 27.6 Å². The number of benzene rings is 2. The van der Waals surface area contributed by atoms with Gasteiger partial charge in [-0.2, -0.15) is 0 Å². The number of nitrogens with one attached hydrogen (secondary N) is 1. The number of rotatable bonds is 7. The van der Waals surface area contributed by atoms with Crippen LogP contribution >= 0.6 is 0 Å². The highest BCUT2D eigenvalue weighted by molar-refractivity contribution is 6.01. The summed E-state index contributed by atoms with van der Waals surface area (Å²) in [6.45, 7) is 0.395. The second kappa shape index (κ2) is 8.51. The summed E-state index contributed by atoms with van der Waals surface area (Å²) in [6.07, 6.45) is 3.63. The second-order valence-corrected chi connectivity index (χ2v) is 7.08. The lowest BCUT2D eigenvalue weighted by molar-refractivity contribution is -0.193. The minimum atomic E-state index is -1.83. The minimum absolute atomic E-state index is 0.0414. The van der Waals surface area contributed by atoms with Gasteiger partial charge in [0.1, 0.15) is 0 Å². The first kappa shape index (κ1) is 19.2. The van der Waals surface area contributed by atoms with Gasteiger partial charge in [-0.15, -0.1) is 0 Å². The summed E-state index contributed by atoms with van der Waals surface area (Å²) in [5, 5.41) is 17.2. The number of aromatic nitrogens is 1. The largest absolute Gasteiger partial charge is 0.357 e. The van der Waals surface area contributed by atoms with Crippen molar-refractivity contribution < 1.29 is 14.3 Å². The smallest absolute Gasteiger partial charge is 0.268 e. The van der Waals surface area contributed by atoms with Crippen LogP contribution in [0.15, 0.2) is 78.2 Å². The van der Waals surface area contributed by atoms with Crippen LogP contribution in [0.3, 0.4) is 0 Å². The molecule has 1 unspecified atom stereocenters. The van der Waals surface area contributed by atoms with Crippen LogP contribution in [-0.2, 0) is 17.9 Å². The lowest BCUT2D eigenvalue weighted by atomic mass is 10.00. The first-order valence-corrected chi connectivity index (χ1v) is 9.49. The van der Waals surface area contributed by atoms with Gasteiger partial charge < -0.3 is 15.3 Å². The van der Waals surface area contributed by atoms with Crippen LogP contribution in [0.1, 0.15) is 23.1 Å². The highest BCUT2D eigenvalue weighted by atomic mass is 19.1. The predicted molar refractivity (Wildman–Crippen MR) is 110 cm³/mol. The Kier molecular flexibility index (Phi) is 5.64. The zero-order valence-corrected chi connectivity index (χ0v) is 15.9. The van der Waals surface area contributed by atoms with Crippen LogP contribution in [0.4, 0.5) is 4.39 Å². The lowest BCUT2D eigenvalue weighted by Crippen LogP contribution is -2.31.